The summed E-state index contributed by atoms with van der Waals surface area (Å²) in [6.45, 7) is 5.19. The summed E-state index contributed by atoms with van der Waals surface area (Å²) >= 11 is 1.33. The van der Waals surface area contributed by atoms with Crippen LogP contribution in [-0.2, 0) is 4.79 Å². The molecule has 29 heavy (non-hydrogen) atoms. The predicted octanol–water partition coefficient (Wildman–Crippen LogP) is 4.66. The van der Waals surface area contributed by atoms with Crippen molar-refractivity contribution >= 4 is 23.2 Å². The van der Waals surface area contributed by atoms with E-state index in [1.54, 1.807) is 24.3 Å². The number of thiophene rings is 1. The van der Waals surface area contributed by atoms with Gasteiger partial charge in [-0.2, -0.15) is 0 Å². The van der Waals surface area contributed by atoms with Crippen LogP contribution in [0.15, 0.2) is 36.4 Å². The summed E-state index contributed by atoms with van der Waals surface area (Å²) in [4.78, 5) is 30.9. The lowest BCUT2D eigenvalue weighted by atomic mass is 9.92. The number of carbonyl (C=O) groups is 2. The third-order valence-corrected chi connectivity index (χ3v) is 7.29. The van der Waals surface area contributed by atoms with Crippen molar-refractivity contribution in [2.75, 3.05) is 26.2 Å². The molecule has 1 aromatic carbocycles. The van der Waals surface area contributed by atoms with E-state index >= 15 is 0 Å². The molecule has 0 bridgehead atoms. The first-order valence-electron chi connectivity index (χ1n) is 10.5. The molecule has 1 aromatic heterocycles. The third kappa shape index (κ3) is 4.37. The van der Waals surface area contributed by atoms with Crippen molar-refractivity contribution in [3.05, 3.63) is 47.1 Å². The summed E-state index contributed by atoms with van der Waals surface area (Å²) in [5.41, 5.74) is 0.525. The summed E-state index contributed by atoms with van der Waals surface area (Å²) < 4.78 is 14.0. The fourth-order valence-electron chi connectivity index (χ4n) is 4.23. The molecule has 154 valence electrons. The van der Waals surface area contributed by atoms with Crippen LogP contribution < -0.4 is 0 Å². The van der Waals surface area contributed by atoms with Gasteiger partial charge in [-0.15, -0.1) is 11.3 Å². The van der Waals surface area contributed by atoms with Gasteiger partial charge in [-0.3, -0.25) is 9.59 Å². The number of nitrogens with zero attached hydrogens (tertiary/aromatic N) is 2. The van der Waals surface area contributed by atoms with Crippen molar-refractivity contribution in [1.82, 2.24) is 9.80 Å². The fourth-order valence-corrected chi connectivity index (χ4v) is 5.23. The normalized spacial score (nSPS) is 18.8. The fraction of sp³-hybridized carbons (Fsp3) is 0.478. The molecule has 0 saturated carbocycles. The lowest BCUT2D eigenvalue weighted by molar-refractivity contribution is -0.138. The van der Waals surface area contributed by atoms with Crippen molar-refractivity contribution in [3.8, 4) is 10.4 Å². The molecule has 2 aromatic rings. The minimum atomic E-state index is -0.278. The summed E-state index contributed by atoms with van der Waals surface area (Å²) in [6.07, 6.45) is 3.63. The van der Waals surface area contributed by atoms with Crippen LogP contribution in [0, 0.1) is 17.7 Å². The summed E-state index contributed by atoms with van der Waals surface area (Å²) in [5.74, 6) is 0.709. The van der Waals surface area contributed by atoms with E-state index in [4.69, 9.17) is 0 Å². The SMILES string of the molecule is CC1CCN(C(=O)C2CCN(C(=O)c3ccc(-c4ccccc4F)s3)CC2)CC1. The van der Waals surface area contributed by atoms with Gasteiger partial charge in [0.2, 0.25) is 5.91 Å². The predicted molar refractivity (Wildman–Crippen MR) is 113 cm³/mol. The molecule has 2 aliphatic heterocycles. The van der Waals surface area contributed by atoms with Gasteiger partial charge in [0.1, 0.15) is 5.82 Å². The molecule has 2 fully saturated rings. The first-order valence-corrected chi connectivity index (χ1v) is 11.3. The Morgan fingerprint density at radius 1 is 0.931 bits per heavy atom. The smallest absolute Gasteiger partial charge is 0.263 e. The molecule has 0 N–H and O–H groups in total. The number of hydrogen-bond donors (Lipinski definition) is 0. The zero-order chi connectivity index (χ0) is 20.4. The van der Waals surface area contributed by atoms with E-state index in [-0.39, 0.29) is 23.5 Å². The molecule has 2 aliphatic rings. The standard InChI is InChI=1S/C23H27FN2O2S/c1-16-8-12-25(13-9-16)22(27)17-10-14-26(15-11-17)23(28)21-7-6-20(29-21)18-4-2-3-5-19(18)24/h2-7,16-17H,8-15H2,1H3. The third-order valence-electron chi connectivity index (χ3n) is 6.18. The molecular weight excluding hydrogens is 387 g/mol. The number of likely N-dealkylation sites (tertiary alicyclic amines) is 2. The molecule has 0 radical (unpaired) electrons. The number of carbonyl (C=O) groups excluding carboxylic acids is 2. The van der Waals surface area contributed by atoms with E-state index in [0.717, 1.165) is 43.6 Å². The Bertz CT molecular complexity index is 881. The second-order valence-corrected chi connectivity index (χ2v) is 9.30. The molecule has 0 atom stereocenters. The minimum Gasteiger partial charge on any atom is -0.342 e. The van der Waals surface area contributed by atoms with Crippen molar-refractivity contribution in [1.29, 1.82) is 0 Å². The Hall–Kier alpha value is -2.21. The van der Waals surface area contributed by atoms with Gasteiger partial charge < -0.3 is 9.80 Å². The molecule has 3 heterocycles. The molecule has 4 rings (SSSR count). The van der Waals surface area contributed by atoms with Crippen LogP contribution >= 0.6 is 11.3 Å². The molecular formula is C23H27FN2O2S. The van der Waals surface area contributed by atoms with Crippen LogP contribution in [0.2, 0.25) is 0 Å². The largest absolute Gasteiger partial charge is 0.342 e. The van der Waals surface area contributed by atoms with Gasteiger partial charge in [0.15, 0.2) is 0 Å². The number of amides is 2. The van der Waals surface area contributed by atoms with E-state index in [9.17, 15) is 14.0 Å². The number of halogens is 1. The number of rotatable bonds is 3. The molecule has 0 aliphatic carbocycles. The zero-order valence-electron chi connectivity index (χ0n) is 16.8. The maximum absolute atomic E-state index is 14.0. The van der Waals surface area contributed by atoms with Crippen LogP contribution in [-0.4, -0.2) is 47.8 Å². The maximum atomic E-state index is 14.0. The van der Waals surface area contributed by atoms with Crippen LogP contribution in [0.25, 0.3) is 10.4 Å². The zero-order valence-corrected chi connectivity index (χ0v) is 17.6. The van der Waals surface area contributed by atoms with E-state index in [2.05, 4.69) is 6.92 Å². The average Bonchev–Trinajstić information content (AvgIpc) is 3.24. The second kappa shape index (κ2) is 8.66. The molecule has 6 heteroatoms. The second-order valence-electron chi connectivity index (χ2n) is 8.22. The van der Waals surface area contributed by atoms with Gasteiger partial charge in [-0.05, 0) is 49.8 Å². The molecule has 0 unspecified atom stereocenters. The Morgan fingerprint density at radius 3 is 2.28 bits per heavy atom. The van der Waals surface area contributed by atoms with E-state index in [1.165, 1.54) is 17.4 Å². The average molecular weight is 415 g/mol. The van der Waals surface area contributed by atoms with Crippen molar-refractivity contribution in [2.24, 2.45) is 11.8 Å². The highest BCUT2D eigenvalue weighted by Gasteiger charge is 2.32. The lowest BCUT2D eigenvalue weighted by Gasteiger charge is -2.36. The quantitative estimate of drug-likeness (QED) is 0.733. The summed E-state index contributed by atoms with van der Waals surface area (Å²) in [5, 5.41) is 0. The topological polar surface area (TPSA) is 40.6 Å². The van der Waals surface area contributed by atoms with Gasteiger partial charge in [-0.25, -0.2) is 4.39 Å². The molecule has 0 spiro atoms. The van der Waals surface area contributed by atoms with Crippen LogP contribution in [0.4, 0.5) is 4.39 Å². The summed E-state index contributed by atoms with van der Waals surface area (Å²) in [7, 11) is 0. The molecule has 2 saturated heterocycles. The van der Waals surface area contributed by atoms with Crippen LogP contribution in [0.5, 0.6) is 0 Å². The minimum absolute atomic E-state index is 0.0183. The molecule has 2 amide bonds. The van der Waals surface area contributed by atoms with Gasteiger partial charge in [0.05, 0.1) is 4.88 Å². The Morgan fingerprint density at radius 2 is 1.59 bits per heavy atom. The highest BCUT2D eigenvalue weighted by molar-refractivity contribution is 7.17. The first kappa shape index (κ1) is 20.1. The highest BCUT2D eigenvalue weighted by Crippen LogP contribution is 2.31. The Labute approximate surface area is 175 Å². The number of hydrogen-bond acceptors (Lipinski definition) is 3. The number of benzene rings is 1. The van der Waals surface area contributed by atoms with E-state index in [0.29, 0.717) is 29.4 Å². The lowest BCUT2D eigenvalue weighted by Crippen LogP contribution is -2.46. The van der Waals surface area contributed by atoms with Crippen LogP contribution in [0.3, 0.4) is 0 Å². The van der Waals surface area contributed by atoms with Gasteiger partial charge in [0.25, 0.3) is 5.91 Å². The van der Waals surface area contributed by atoms with E-state index in [1.807, 2.05) is 15.9 Å². The van der Waals surface area contributed by atoms with Gasteiger partial charge >= 0.3 is 0 Å². The first-order chi connectivity index (χ1) is 14.0. The maximum Gasteiger partial charge on any atom is 0.263 e. The Kier molecular flexibility index (Phi) is 5.99. The number of piperidine rings is 2. The van der Waals surface area contributed by atoms with Gasteiger partial charge in [-0.1, -0.05) is 25.1 Å². The highest BCUT2D eigenvalue weighted by atomic mass is 32.1. The van der Waals surface area contributed by atoms with Crippen molar-refractivity contribution in [3.63, 3.8) is 0 Å². The van der Waals surface area contributed by atoms with Crippen molar-refractivity contribution in [2.45, 2.75) is 32.6 Å². The summed E-state index contributed by atoms with van der Waals surface area (Å²) in [6, 6.07) is 10.2. The van der Waals surface area contributed by atoms with Crippen molar-refractivity contribution < 1.29 is 14.0 Å². The monoisotopic (exact) mass is 414 g/mol. The van der Waals surface area contributed by atoms with Crippen LogP contribution in [0.1, 0.15) is 42.3 Å². The van der Waals surface area contributed by atoms with E-state index < -0.39 is 0 Å². The molecule has 4 nitrogen and oxygen atoms in total. The van der Waals surface area contributed by atoms with Gasteiger partial charge in [0, 0.05) is 42.5 Å². The Balaban J connectivity index is 1.35.